The van der Waals surface area contributed by atoms with Gasteiger partial charge in [-0.3, -0.25) is 4.79 Å². The molecule has 0 fully saturated rings. The Morgan fingerprint density at radius 2 is 2.26 bits per heavy atom. The number of unbranched alkanes of at least 4 members (excludes halogenated alkanes) is 1. The van der Waals surface area contributed by atoms with Gasteiger partial charge in [-0.2, -0.15) is 0 Å². The number of nitrogens with two attached hydrogens (primary N) is 1. The zero-order valence-electron chi connectivity index (χ0n) is 10.8. The van der Waals surface area contributed by atoms with Gasteiger partial charge in [0.1, 0.15) is 5.75 Å². The summed E-state index contributed by atoms with van der Waals surface area (Å²) in [7, 11) is 0. The highest BCUT2D eigenvalue weighted by atomic mass is 32.1. The van der Waals surface area contributed by atoms with E-state index in [1.807, 2.05) is 12.1 Å². The number of thiocarbonyl (C=S) groups is 1. The van der Waals surface area contributed by atoms with Crippen molar-refractivity contribution in [2.75, 3.05) is 13.2 Å². The van der Waals surface area contributed by atoms with Crippen LogP contribution in [0.4, 0.5) is 0 Å². The summed E-state index contributed by atoms with van der Waals surface area (Å²) in [4.78, 5) is 12.5. The molecule has 1 aliphatic heterocycles. The van der Waals surface area contributed by atoms with Crippen LogP contribution in [0.25, 0.3) is 0 Å². The third-order valence-corrected chi connectivity index (χ3v) is 3.29. The van der Waals surface area contributed by atoms with Crippen LogP contribution in [0.5, 0.6) is 5.75 Å². The second kappa shape index (κ2) is 6.52. The normalized spacial score (nSPS) is 12.6. The molecular weight excluding hydrogens is 260 g/mol. The minimum Gasteiger partial charge on any atom is -0.493 e. The van der Waals surface area contributed by atoms with Crippen molar-refractivity contribution in [1.29, 1.82) is 0 Å². The highest BCUT2D eigenvalue weighted by molar-refractivity contribution is 7.80. The molecule has 1 amide bonds. The van der Waals surface area contributed by atoms with E-state index >= 15 is 0 Å². The summed E-state index contributed by atoms with van der Waals surface area (Å²) >= 11 is 4.80. The van der Waals surface area contributed by atoms with Crippen molar-refractivity contribution < 1.29 is 9.53 Å². The van der Waals surface area contributed by atoms with E-state index in [4.69, 9.17) is 22.7 Å². The van der Waals surface area contributed by atoms with Crippen LogP contribution in [0, 0.1) is 0 Å². The molecule has 102 valence electrons. The third-order valence-electron chi connectivity index (χ3n) is 3.09. The number of carbonyl (C=O) groups excluding carboxylic acids is 1. The Morgan fingerprint density at radius 1 is 1.42 bits per heavy atom. The van der Waals surface area contributed by atoms with E-state index in [2.05, 4.69) is 5.32 Å². The van der Waals surface area contributed by atoms with Crippen molar-refractivity contribution in [3.8, 4) is 5.75 Å². The zero-order valence-corrected chi connectivity index (χ0v) is 11.6. The van der Waals surface area contributed by atoms with Gasteiger partial charge in [-0.15, -0.1) is 0 Å². The van der Waals surface area contributed by atoms with Gasteiger partial charge in [0.15, 0.2) is 0 Å². The van der Waals surface area contributed by atoms with Crippen LogP contribution in [-0.2, 0) is 6.42 Å². The molecule has 0 atom stereocenters. The molecule has 0 radical (unpaired) electrons. The largest absolute Gasteiger partial charge is 0.493 e. The number of hydrogen-bond acceptors (Lipinski definition) is 3. The number of nitrogens with one attached hydrogen (secondary N) is 1. The van der Waals surface area contributed by atoms with Crippen LogP contribution in [0.2, 0.25) is 0 Å². The lowest BCUT2D eigenvalue weighted by atomic mass is 10.1. The first-order valence-electron chi connectivity index (χ1n) is 6.49. The average molecular weight is 278 g/mol. The molecule has 5 heteroatoms. The van der Waals surface area contributed by atoms with E-state index < -0.39 is 0 Å². The molecule has 1 heterocycles. The molecule has 0 saturated carbocycles. The third kappa shape index (κ3) is 3.92. The molecule has 2 rings (SSSR count). The monoisotopic (exact) mass is 278 g/mol. The van der Waals surface area contributed by atoms with Gasteiger partial charge in [-0.05, 0) is 43.0 Å². The molecule has 0 saturated heterocycles. The highest BCUT2D eigenvalue weighted by Gasteiger charge is 2.14. The first-order valence-corrected chi connectivity index (χ1v) is 6.90. The predicted octanol–water partition coefficient (Wildman–Crippen LogP) is 1.81. The summed E-state index contributed by atoms with van der Waals surface area (Å²) in [5.41, 5.74) is 7.22. The van der Waals surface area contributed by atoms with Crippen LogP contribution in [0.3, 0.4) is 0 Å². The van der Waals surface area contributed by atoms with Crippen LogP contribution in [0.1, 0.15) is 35.2 Å². The van der Waals surface area contributed by atoms with Crippen LogP contribution in [0.15, 0.2) is 18.2 Å². The van der Waals surface area contributed by atoms with E-state index in [1.165, 1.54) is 0 Å². The lowest BCUT2D eigenvalue weighted by Crippen LogP contribution is -2.24. The van der Waals surface area contributed by atoms with Gasteiger partial charge < -0.3 is 15.8 Å². The number of fused-ring (bicyclic) bond motifs is 1. The molecule has 0 spiro atoms. The predicted molar refractivity (Wildman–Crippen MR) is 78.6 cm³/mol. The minimum atomic E-state index is -0.0370. The number of hydrogen-bond donors (Lipinski definition) is 2. The fourth-order valence-corrected chi connectivity index (χ4v) is 2.20. The maximum atomic E-state index is 11.9. The smallest absolute Gasteiger partial charge is 0.251 e. The maximum Gasteiger partial charge on any atom is 0.251 e. The minimum absolute atomic E-state index is 0.0370. The van der Waals surface area contributed by atoms with E-state index in [0.29, 0.717) is 23.7 Å². The Balaban J connectivity index is 1.78. The molecule has 1 aromatic rings. The summed E-state index contributed by atoms with van der Waals surface area (Å²) in [6, 6.07) is 5.57. The van der Waals surface area contributed by atoms with Gasteiger partial charge in [-0.25, -0.2) is 0 Å². The summed E-state index contributed by atoms with van der Waals surface area (Å²) in [5, 5.41) is 2.90. The SMILES string of the molecule is NC(=S)CCCCNC(=O)c1ccc2c(c1)CCO2. The van der Waals surface area contributed by atoms with Gasteiger partial charge in [0.05, 0.1) is 11.6 Å². The molecule has 0 unspecified atom stereocenters. The Morgan fingerprint density at radius 3 is 3.05 bits per heavy atom. The molecule has 3 N–H and O–H groups in total. The second-order valence-electron chi connectivity index (χ2n) is 4.60. The number of rotatable bonds is 6. The van der Waals surface area contributed by atoms with Gasteiger partial charge in [0.2, 0.25) is 0 Å². The van der Waals surface area contributed by atoms with E-state index in [1.54, 1.807) is 6.07 Å². The zero-order chi connectivity index (χ0) is 13.7. The number of benzene rings is 1. The van der Waals surface area contributed by atoms with Crippen molar-refractivity contribution in [2.45, 2.75) is 25.7 Å². The fraction of sp³-hybridized carbons (Fsp3) is 0.429. The van der Waals surface area contributed by atoms with Crippen molar-refractivity contribution in [1.82, 2.24) is 5.32 Å². The number of carbonyl (C=O) groups is 1. The lowest BCUT2D eigenvalue weighted by molar-refractivity contribution is 0.0953. The van der Waals surface area contributed by atoms with Crippen molar-refractivity contribution >= 4 is 23.1 Å². The molecule has 0 aliphatic carbocycles. The molecular formula is C14H18N2O2S. The second-order valence-corrected chi connectivity index (χ2v) is 5.12. The van der Waals surface area contributed by atoms with Gasteiger partial charge in [-0.1, -0.05) is 12.2 Å². The topological polar surface area (TPSA) is 64.3 Å². The standard InChI is InChI=1S/C14H18N2O2S/c15-13(19)3-1-2-7-16-14(17)11-4-5-12-10(9-11)6-8-18-12/h4-5,9H,1-3,6-8H2,(H2,15,19)(H,16,17). The van der Waals surface area contributed by atoms with E-state index in [-0.39, 0.29) is 5.91 Å². The Labute approximate surface area is 118 Å². The molecule has 0 aromatic heterocycles. The summed E-state index contributed by atoms with van der Waals surface area (Å²) in [6.45, 7) is 1.36. The molecule has 4 nitrogen and oxygen atoms in total. The van der Waals surface area contributed by atoms with Crippen LogP contribution >= 0.6 is 12.2 Å². The Bertz CT molecular complexity index is 488. The Hall–Kier alpha value is -1.62. The van der Waals surface area contributed by atoms with Crippen molar-refractivity contribution in [3.05, 3.63) is 29.3 Å². The maximum absolute atomic E-state index is 11.9. The van der Waals surface area contributed by atoms with Gasteiger partial charge in [0.25, 0.3) is 5.91 Å². The van der Waals surface area contributed by atoms with Gasteiger partial charge >= 0.3 is 0 Å². The Kier molecular flexibility index (Phi) is 4.74. The molecule has 19 heavy (non-hydrogen) atoms. The van der Waals surface area contributed by atoms with Gasteiger partial charge in [0, 0.05) is 18.5 Å². The highest BCUT2D eigenvalue weighted by Crippen LogP contribution is 2.25. The number of ether oxygens (including phenoxy) is 1. The molecule has 1 aromatic carbocycles. The summed E-state index contributed by atoms with van der Waals surface area (Å²) < 4.78 is 5.41. The summed E-state index contributed by atoms with van der Waals surface area (Å²) in [6.07, 6.45) is 3.41. The van der Waals surface area contributed by atoms with Crippen molar-refractivity contribution in [3.63, 3.8) is 0 Å². The van der Waals surface area contributed by atoms with Crippen LogP contribution < -0.4 is 15.8 Å². The first-order chi connectivity index (χ1) is 9.16. The molecule has 1 aliphatic rings. The van der Waals surface area contributed by atoms with E-state index in [0.717, 1.165) is 37.0 Å². The quantitative estimate of drug-likeness (QED) is 0.615. The van der Waals surface area contributed by atoms with Crippen molar-refractivity contribution in [2.24, 2.45) is 5.73 Å². The lowest BCUT2D eigenvalue weighted by Gasteiger charge is -2.06. The first kappa shape index (κ1) is 13.8. The van der Waals surface area contributed by atoms with E-state index in [9.17, 15) is 4.79 Å². The average Bonchev–Trinajstić information content (AvgIpc) is 2.84. The molecule has 0 bridgehead atoms. The van der Waals surface area contributed by atoms with Crippen LogP contribution in [-0.4, -0.2) is 24.0 Å². The summed E-state index contributed by atoms with van der Waals surface area (Å²) in [5.74, 6) is 0.859. The number of amides is 1. The fourth-order valence-electron chi connectivity index (χ4n) is 2.06.